The van der Waals surface area contributed by atoms with Crippen LogP contribution in [-0.4, -0.2) is 28.1 Å². The molecule has 1 fully saturated rings. The van der Waals surface area contributed by atoms with E-state index in [0.29, 0.717) is 17.4 Å². The average molecular weight is 453 g/mol. The zero-order valence-electron chi connectivity index (χ0n) is 17.0. The number of halogens is 1. The number of benzene rings is 2. The molecule has 1 atom stereocenters. The van der Waals surface area contributed by atoms with Crippen LogP contribution in [0.4, 0.5) is 11.5 Å². The molecule has 1 unspecified atom stereocenters. The number of rotatable bonds is 4. The SMILES string of the molecule is Cc1cccc(-n2nc3c(c2NC(=O)C2CC(=O)N(c4ccc(Cl)cc4)C2)CSC3)c1. The smallest absolute Gasteiger partial charge is 0.230 e. The first-order chi connectivity index (χ1) is 15.0. The highest BCUT2D eigenvalue weighted by Gasteiger charge is 2.36. The molecule has 6 nitrogen and oxygen atoms in total. The molecule has 3 heterocycles. The number of nitrogens with one attached hydrogen (secondary N) is 1. The van der Waals surface area contributed by atoms with E-state index in [0.717, 1.165) is 39.7 Å². The summed E-state index contributed by atoms with van der Waals surface area (Å²) in [6.45, 7) is 2.38. The molecule has 1 aromatic heterocycles. The summed E-state index contributed by atoms with van der Waals surface area (Å²) in [5, 5.41) is 8.47. The fourth-order valence-electron chi connectivity index (χ4n) is 4.06. The van der Waals surface area contributed by atoms with Crippen LogP contribution in [0.5, 0.6) is 0 Å². The van der Waals surface area contributed by atoms with Crippen molar-refractivity contribution in [1.82, 2.24) is 9.78 Å². The van der Waals surface area contributed by atoms with Crippen molar-refractivity contribution in [2.45, 2.75) is 24.9 Å². The maximum atomic E-state index is 13.2. The Balaban J connectivity index is 1.40. The van der Waals surface area contributed by atoms with Crippen LogP contribution in [0.3, 0.4) is 0 Å². The monoisotopic (exact) mass is 452 g/mol. The lowest BCUT2D eigenvalue weighted by Crippen LogP contribution is -2.28. The summed E-state index contributed by atoms with van der Waals surface area (Å²) in [4.78, 5) is 27.4. The molecular weight excluding hydrogens is 432 g/mol. The van der Waals surface area contributed by atoms with Crippen LogP contribution < -0.4 is 10.2 Å². The highest BCUT2D eigenvalue weighted by molar-refractivity contribution is 7.98. The molecule has 1 N–H and O–H groups in total. The van der Waals surface area contributed by atoms with Crippen LogP contribution in [0.25, 0.3) is 5.69 Å². The van der Waals surface area contributed by atoms with Crippen molar-refractivity contribution in [3.8, 4) is 5.69 Å². The first kappa shape index (κ1) is 20.2. The van der Waals surface area contributed by atoms with Crippen LogP contribution in [0.1, 0.15) is 23.2 Å². The Labute approximate surface area is 189 Å². The molecule has 8 heteroatoms. The van der Waals surface area contributed by atoms with E-state index in [1.165, 1.54) is 0 Å². The lowest BCUT2D eigenvalue weighted by atomic mass is 10.1. The Kier molecular flexibility index (Phi) is 5.24. The van der Waals surface area contributed by atoms with Gasteiger partial charge >= 0.3 is 0 Å². The van der Waals surface area contributed by atoms with Gasteiger partial charge in [0.2, 0.25) is 11.8 Å². The van der Waals surface area contributed by atoms with E-state index in [9.17, 15) is 9.59 Å². The largest absolute Gasteiger partial charge is 0.312 e. The van der Waals surface area contributed by atoms with Crippen LogP contribution >= 0.6 is 23.4 Å². The molecule has 31 heavy (non-hydrogen) atoms. The van der Waals surface area contributed by atoms with Crippen LogP contribution in [0.2, 0.25) is 5.02 Å². The number of anilines is 2. The Morgan fingerprint density at radius 2 is 1.97 bits per heavy atom. The van der Waals surface area contributed by atoms with Gasteiger partial charge in [-0.15, -0.1) is 0 Å². The molecule has 0 spiro atoms. The number of hydrogen-bond acceptors (Lipinski definition) is 4. The van der Waals surface area contributed by atoms with E-state index in [4.69, 9.17) is 16.7 Å². The molecule has 3 aromatic rings. The van der Waals surface area contributed by atoms with Crippen molar-refractivity contribution >= 4 is 46.7 Å². The predicted molar refractivity (Wildman–Crippen MR) is 124 cm³/mol. The van der Waals surface area contributed by atoms with Crippen molar-refractivity contribution in [3.05, 3.63) is 70.4 Å². The van der Waals surface area contributed by atoms with Gasteiger partial charge in [0, 0.05) is 40.7 Å². The van der Waals surface area contributed by atoms with Gasteiger partial charge in [-0.1, -0.05) is 23.7 Å². The minimum Gasteiger partial charge on any atom is -0.312 e. The zero-order chi connectivity index (χ0) is 21.5. The Bertz CT molecular complexity index is 1170. The summed E-state index contributed by atoms with van der Waals surface area (Å²) in [6, 6.07) is 15.2. The molecule has 2 amide bonds. The summed E-state index contributed by atoms with van der Waals surface area (Å²) >= 11 is 7.75. The summed E-state index contributed by atoms with van der Waals surface area (Å²) < 4.78 is 1.82. The van der Waals surface area contributed by atoms with E-state index in [1.54, 1.807) is 40.9 Å². The number of carbonyl (C=O) groups is 2. The molecule has 2 aromatic carbocycles. The molecule has 2 aliphatic rings. The second-order valence-corrected chi connectivity index (χ2v) is 9.31. The van der Waals surface area contributed by atoms with Crippen molar-refractivity contribution in [1.29, 1.82) is 0 Å². The third kappa shape index (κ3) is 3.83. The van der Waals surface area contributed by atoms with E-state index >= 15 is 0 Å². The van der Waals surface area contributed by atoms with Crippen LogP contribution in [-0.2, 0) is 21.1 Å². The molecule has 2 aliphatic heterocycles. The second kappa shape index (κ2) is 8.05. The van der Waals surface area contributed by atoms with Crippen LogP contribution in [0, 0.1) is 12.8 Å². The lowest BCUT2D eigenvalue weighted by molar-refractivity contribution is -0.122. The number of nitrogens with zero attached hydrogens (tertiary/aromatic N) is 3. The van der Waals surface area contributed by atoms with Crippen molar-refractivity contribution in [2.24, 2.45) is 5.92 Å². The Hall–Kier alpha value is -2.77. The van der Waals surface area contributed by atoms with E-state index < -0.39 is 5.92 Å². The number of carbonyl (C=O) groups excluding carboxylic acids is 2. The third-order valence-corrected chi connectivity index (χ3v) is 6.90. The topological polar surface area (TPSA) is 67.2 Å². The predicted octanol–water partition coefficient (Wildman–Crippen LogP) is 4.57. The van der Waals surface area contributed by atoms with E-state index in [2.05, 4.69) is 5.32 Å². The number of fused-ring (bicyclic) bond motifs is 1. The van der Waals surface area contributed by atoms with Gasteiger partial charge in [0.25, 0.3) is 0 Å². The number of aryl methyl sites for hydroxylation is 1. The Morgan fingerprint density at radius 3 is 2.74 bits per heavy atom. The highest BCUT2D eigenvalue weighted by atomic mass is 35.5. The van der Waals surface area contributed by atoms with Gasteiger partial charge in [-0.05, 0) is 48.9 Å². The number of hydrogen-bond donors (Lipinski definition) is 1. The molecular formula is C23H21ClN4O2S. The molecule has 0 saturated carbocycles. The number of amides is 2. The van der Waals surface area contributed by atoms with Gasteiger partial charge in [-0.3, -0.25) is 9.59 Å². The minimum atomic E-state index is -0.422. The molecule has 0 radical (unpaired) electrons. The summed E-state index contributed by atoms with van der Waals surface area (Å²) in [7, 11) is 0. The van der Waals surface area contributed by atoms with Gasteiger partial charge in [0.05, 0.1) is 17.3 Å². The molecule has 0 aliphatic carbocycles. The van der Waals surface area contributed by atoms with Gasteiger partial charge in [0.1, 0.15) is 5.82 Å². The molecule has 0 bridgehead atoms. The average Bonchev–Trinajstić information content (AvgIpc) is 3.44. The Morgan fingerprint density at radius 1 is 1.16 bits per heavy atom. The number of aromatic nitrogens is 2. The number of thioether (sulfide) groups is 1. The van der Waals surface area contributed by atoms with Crippen LogP contribution in [0.15, 0.2) is 48.5 Å². The summed E-state index contributed by atoms with van der Waals surface area (Å²) in [5.74, 6) is 1.73. The lowest BCUT2D eigenvalue weighted by Gasteiger charge is -2.17. The van der Waals surface area contributed by atoms with E-state index in [-0.39, 0.29) is 18.2 Å². The zero-order valence-corrected chi connectivity index (χ0v) is 18.5. The second-order valence-electron chi connectivity index (χ2n) is 7.89. The highest BCUT2D eigenvalue weighted by Crippen LogP contribution is 2.37. The summed E-state index contributed by atoms with van der Waals surface area (Å²) in [5.41, 5.74) is 4.87. The summed E-state index contributed by atoms with van der Waals surface area (Å²) in [6.07, 6.45) is 0.185. The van der Waals surface area contributed by atoms with Gasteiger partial charge in [0.15, 0.2) is 0 Å². The van der Waals surface area contributed by atoms with Gasteiger partial charge in [-0.2, -0.15) is 16.9 Å². The molecule has 158 valence electrons. The van der Waals surface area contributed by atoms with E-state index in [1.807, 2.05) is 35.9 Å². The maximum Gasteiger partial charge on any atom is 0.230 e. The normalized spacial score (nSPS) is 17.8. The first-order valence-electron chi connectivity index (χ1n) is 10.1. The molecule has 5 rings (SSSR count). The maximum absolute atomic E-state index is 13.2. The van der Waals surface area contributed by atoms with Crippen molar-refractivity contribution in [2.75, 3.05) is 16.8 Å². The van der Waals surface area contributed by atoms with Gasteiger partial charge in [-0.25, -0.2) is 4.68 Å². The fourth-order valence-corrected chi connectivity index (χ4v) is 5.22. The fraction of sp³-hybridized carbons (Fsp3) is 0.261. The minimum absolute atomic E-state index is 0.0598. The first-order valence-corrected chi connectivity index (χ1v) is 11.7. The van der Waals surface area contributed by atoms with Crippen molar-refractivity contribution in [3.63, 3.8) is 0 Å². The quantitative estimate of drug-likeness (QED) is 0.629. The molecule has 1 saturated heterocycles. The van der Waals surface area contributed by atoms with Crippen molar-refractivity contribution < 1.29 is 9.59 Å². The third-order valence-electron chi connectivity index (χ3n) is 5.67. The van der Waals surface area contributed by atoms with Gasteiger partial charge < -0.3 is 10.2 Å². The standard InChI is InChI=1S/C23H21ClN4O2S/c1-14-3-2-4-18(9-14)28-22(19-12-31-13-20(19)26-28)25-23(30)15-10-21(29)27(11-15)17-7-5-16(24)6-8-17/h2-9,15H,10-13H2,1H3,(H,25,30).